The normalized spacial score (nSPS) is 21.0. The molecule has 0 unspecified atom stereocenters. The molecule has 6 rings (SSSR count). The highest BCUT2D eigenvalue weighted by Crippen LogP contribution is 2.51. The van der Waals surface area contributed by atoms with Crippen LogP contribution in [0.4, 0.5) is 0 Å². The lowest BCUT2D eigenvalue weighted by Crippen LogP contribution is -2.14. The minimum atomic E-state index is -0.260. The van der Waals surface area contributed by atoms with E-state index in [1.54, 1.807) is 0 Å². The molecular weight excluding hydrogens is 416 g/mol. The van der Waals surface area contributed by atoms with Crippen molar-refractivity contribution in [2.75, 3.05) is 0 Å². The average Bonchev–Trinajstić information content (AvgIpc) is 3.31. The quantitative estimate of drug-likeness (QED) is 0.316. The molecule has 0 bridgehead atoms. The average molecular weight is 441 g/mol. The fraction of sp³-hybridized carbons (Fsp3) is 0.125. The highest BCUT2D eigenvalue weighted by atomic mass is 16.1. The molecule has 2 aliphatic carbocycles. The SMILES string of the molecule is Cc1ccccc1[C@@H]1/C(=C2/C(=O)c3ccccc3[C@@H]2c2ccccc2C)C(=O)c2ccccc21. The highest BCUT2D eigenvalue weighted by Gasteiger charge is 2.45. The maximum atomic E-state index is 14.0. The third kappa shape index (κ3) is 2.88. The molecule has 34 heavy (non-hydrogen) atoms. The van der Waals surface area contributed by atoms with Crippen molar-refractivity contribution in [3.63, 3.8) is 0 Å². The van der Waals surface area contributed by atoms with Crippen molar-refractivity contribution >= 4 is 11.6 Å². The number of Topliss-reactive ketones (excluding diaryl/α,β-unsaturated/α-hetero) is 2. The van der Waals surface area contributed by atoms with E-state index in [0.29, 0.717) is 22.3 Å². The van der Waals surface area contributed by atoms with Gasteiger partial charge >= 0.3 is 0 Å². The predicted octanol–water partition coefficient (Wildman–Crippen LogP) is 6.96. The number of carbonyl (C=O) groups excluding carboxylic acids is 2. The smallest absolute Gasteiger partial charge is 0.190 e. The van der Waals surface area contributed by atoms with Gasteiger partial charge in [-0.3, -0.25) is 9.59 Å². The molecule has 0 fully saturated rings. The van der Waals surface area contributed by atoms with Crippen molar-refractivity contribution in [2.45, 2.75) is 25.7 Å². The third-order valence-corrected chi connectivity index (χ3v) is 7.39. The van der Waals surface area contributed by atoms with Crippen LogP contribution >= 0.6 is 0 Å². The molecule has 2 atom stereocenters. The molecule has 0 heterocycles. The van der Waals surface area contributed by atoms with E-state index in [1.165, 1.54) is 0 Å². The first-order valence-corrected chi connectivity index (χ1v) is 11.7. The Bertz CT molecular complexity index is 1410. The Morgan fingerprint density at radius 1 is 0.441 bits per heavy atom. The summed E-state index contributed by atoms with van der Waals surface area (Å²) in [6.45, 7) is 4.15. The standard InChI is InChI=1S/C32H24O2/c1-19-11-3-5-13-21(19)27-23-15-7-9-17-25(23)31(33)29(27)30-28(22-14-6-4-12-20(22)2)24-16-8-10-18-26(24)32(30)34/h3-18,27-28H,1-2H3/b30-29-/t27-,28-/m0/s1. The minimum Gasteiger partial charge on any atom is -0.289 e. The molecule has 0 aromatic heterocycles. The molecule has 0 spiro atoms. The van der Waals surface area contributed by atoms with Crippen molar-refractivity contribution in [3.05, 3.63) is 153 Å². The van der Waals surface area contributed by atoms with Gasteiger partial charge in [-0.15, -0.1) is 0 Å². The third-order valence-electron chi connectivity index (χ3n) is 7.39. The summed E-state index contributed by atoms with van der Waals surface area (Å²) in [4.78, 5) is 28.1. The number of aryl methyl sites for hydroxylation is 2. The molecule has 2 aliphatic rings. The Morgan fingerprint density at radius 3 is 1.15 bits per heavy atom. The van der Waals surface area contributed by atoms with Crippen molar-refractivity contribution in [3.8, 4) is 0 Å². The lowest BCUT2D eigenvalue weighted by Gasteiger charge is -2.22. The van der Waals surface area contributed by atoms with Gasteiger partial charge < -0.3 is 0 Å². The van der Waals surface area contributed by atoms with Crippen molar-refractivity contribution in [2.24, 2.45) is 0 Å². The van der Waals surface area contributed by atoms with Crippen LogP contribution in [-0.4, -0.2) is 11.6 Å². The fourth-order valence-electron chi connectivity index (χ4n) is 5.80. The Hall–Kier alpha value is -4.04. The maximum absolute atomic E-state index is 14.0. The van der Waals surface area contributed by atoms with E-state index in [9.17, 15) is 9.59 Å². The van der Waals surface area contributed by atoms with Crippen LogP contribution in [0.15, 0.2) is 108 Å². The number of hydrogen-bond donors (Lipinski definition) is 0. The summed E-state index contributed by atoms with van der Waals surface area (Å²) in [6.07, 6.45) is 0. The Labute approximate surface area is 199 Å². The first-order valence-electron chi connectivity index (χ1n) is 11.7. The van der Waals surface area contributed by atoms with Crippen LogP contribution in [-0.2, 0) is 0 Å². The summed E-state index contributed by atoms with van der Waals surface area (Å²) in [6, 6.07) is 32.0. The van der Waals surface area contributed by atoms with Gasteiger partial charge in [0.05, 0.1) is 0 Å². The molecule has 0 N–H and O–H groups in total. The van der Waals surface area contributed by atoms with Crippen LogP contribution in [0.2, 0.25) is 0 Å². The van der Waals surface area contributed by atoms with Crippen LogP contribution in [0.3, 0.4) is 0 Å². The lowest BCUT2D eigenvalue weighted by molar-refractivity contribution is 0.100. The second kappa shape index (κ2) is 7.78. The van der Waals surface area contributed by atoms with Gasteiger partial charge in [-0.2, -0.15) is 0 Å². The molecule has 4 aromatic carbocycles. The zero-order chi connectivity index (χ0) is 23.4. The molecule has 164 valence electrons. The van der Waals surface area contributed by atoms with E-state index < -0.39 is 0 Å². The summed E-state index contributed by atoms with van der Waals surface area (Å²) >= 11 is 0. The van der Waals surface area contributed by atoms with Gasteiger partial charge in [-0.25, -0.2) is 0 Å². The molecule has 0 saturated carbocycles. The van der Waals surface area contributed by atoms with E-state index in [4.69, 9.17) is 0 Å². The molecule has 2 heteroatoms. The highest BCUT2D eigenvalue weighted by molar-refractivity contribution is 6.24. The van der Waals surface area contributed by atoms with Gasteiger partial charge in [0.25, 0.3) is 0 Å². The van der Waals surface area contributed by atoms with Gasteiger partial charge in [0.15, 0.2) is 11.6 Å². The molecule has 0 radical (unpaired) electrons. The number of ketones is 2. The second-order valence-electron chi connectivity index (χ2n) is 9.24. The Morgan fingerprint density at radius 2 is 0.765 bits per heavy atom. The summed E-state index contributed by atoms with van der Waals surface area (Å²) in [5.74, 6) is -0.577. The van der Waals surface area contributed by atoms with E-state index in [-0.39, 0.29) is 23.4 Å². The summed E-state index contributed by atoms with van der Waals surface area (Å²) in [5.41, 5.74) is 9.02. The summed E-state index contributed by atoms with van der Waals surface area (Å²) in [5, 5.41) is 0. The predicted molar refractivity (Wildman–Crippen MR) is 135 cm³/mol. The van der Waals surface area contributed by atoms with E-state index in [0.717, 1.165) is 33.4 Å². The van der Waals surface area contributed by atoms with Crippen molar-refractivity contribution in [1.82, 2.24) is 0 Å². The van der Waals surface area contributed by atoms with Gasteiger partial charge in [0, 0.05) is 34.1 Å². The van der Waals surface area contributed by atoms with Crippen molar-refractivity contribution in [1.29, 1.82) is 0 Å². The maximum Gasteiger partial charge on any atom is 0.190 e. The van der Waals surface area contributed by atoms with Crippen LogP contribution in [0.5, 0.6) is 0 Å². The number of rotatable bonds is 2. The second-order valence-corrected chi connectivity index (χ2v) is 9.24. The number of hydrogen-bond acceptors (Lipinski definition) is 2. The first kappa shape index (κ1) is 20.6. The molecular formula is C32H24O2. The summed E-state index contributed by atoms with van der Waals surface area (Å²) in [7, 11) is 0. The van der Waals surface area contributed by atoms with E-state index in [1.807, 2.05) is 72.8 Å². The van der Waals surface area contributed by atoms with Gasteiger partial charge in [-0.1, -0.05) is 97.1 Å². The monoisotopic (exact) mass is 440 g/mol. The Kier molecular flexibility index (Phi) is 4.70. The molecule has 0 amide bonds. The van der Waals surface area contributed by atoms with Crippen LogP contribution < -0.4 is 0 Å². The minimum absolute atomic E-state index is 0.0291. The number of benzene rings is 4. The van der Waals surface area contributed by atoms with Crippen LogP contribution in [0, 0.1) is 13.8 Å². The van der Waals surface area contributed by atoms with E-state index >= 15 is 0 Å². The molecule has 0 saturated heterocycles. The zero-order valence-corrected chi connectivity index (χ0v) is 19.2. The molecule has 0 aliphatic heterocycles. The molecule has 4 aromatic rings. The number of carbonyl (C=O) groups is 2. The number of allylic oxidation sites excluding steroid dienone is 2. The Balaban J connectivity index is 1.71. The first-order chi connectivity index (χ1) is 16.6. The van der Waals surface area contributed by atoms with Crippen molar-refractivity contribution < 1.29 is 9.59 Å². The lowest BCUT2D eigenvalue weighted by atomic mass is 9.79. The van der Waals surface area contributed by atoms with Crippen LogP contribution in [0.25, 0.3) is 0 Å². The van der Waals surface area contributed by atoms with Crippen LogP contribution in [0.1, 0.15) is 65.9 Å². The fourth-order valence-corrected chi connectivity index (χ4v) is 5.80. The zero-order valence-electron chi connectivity index (χ0n) is 19.2. The number of fused-ring (bicyclic) bond motifs is 2. The van der Waals surface area contributed by atoms with Gasteiger partial charge in [0.2, 0.25) is 0 Å². The largest absolute Gasteiger partial charge is 0.289 e. The van der Waals surface area contributed by atoms with Gasteiger partial charge in [0.1, 0.15) is 0 Å². The molecule has 2 nitrogen and oxygen atoms in total. The van der Waals surface area contributed by atoms with E-state index in [2.05, 4.69) is 38.1 Å². The van der Waals surface area contributed by atoms with Gasteiger partial charge in [-0.05, 0) is 47.2 Å². The topological polar surface area (TPSA) is 34.1 Å². The summed E-state index contributed by atoms with van der Waals surface area (Å²) < 4.78 is 0.